The van der Waals surface area contributed by atoms with E-state index in [9.17, 15) is 9.83 Å². The van der Waals surface area contributed by atoms with Crippen molar-refractivity contribution in [2.24, 2.45) is 0 Å². The Bertz CT molecular complexity index is 1740. The highest BCUT2D eigenvalue weighted by atomic mass is 31.2. The summed E-state index contributed by atoms with van der Waals surface area (Å²) in [4.78, 5) is 0. The second-order valence-electron chi connectivity index (χ2n) is 8.47. The number of nitriles is 1. The highest BCUT2D eigenvalue weighted by Crippen LogP contribution is 2.43. The summed E-state index contributed by atoms with van der Waals surface area (Å²) in [6.45, 7) is 0. The summed E-state index contributed by atoms with van der Waals surface area (Å²) in [6.07, 6.45) is 0. The summed E-state index contributed by atoms with van der Waals surface area (Å²) in [5, 5.41) is 13.6. The van der Waals surface area contributed by atoms with E-state index in [1.807, 2.05) is 109 Å². The molecule has 6 rings (SSSR count). The van der Waals surface area contributed by atoms with Crippen LogP contribution >= 0.6 is 7.14 Å². The monoisotopic (exact) mass is 469 g/mol. The Morgan fingerprint density at radius 2 is 1.14 bits per heavy atom. The molecule has 0 bridgehead atoms. The number of hydrogen-bond donors (Lipinski definition) is 0. The Hall–Kier alpha value is -4.38. The molecule has 0 atom stereocenters. The minimum atomic E-state index is -3.06. The first-order valence-electron chi connectivity index (χ1n) is 11.4. The van der Waals surface area contributed by atoms with Crippen LogP contribution < -0.4 is 15.9 Å². The van der Waals surface area contributed by atoms with Crippen molar-refractivity contribution in [1.29, 1.82) is 5.26 Å². The van der Waals surface area contributed by atoms with Gasteiger partial charge in [0.05, 0.1) is 11.6 Å². The first-order valence-corrected chi connectivity index (χ1v) is 13.1. The smallest absolute Gasteiger partial charge is 0.171 e. The van der Waals surface area contributed by atoms with E-state index in [2.05, 4.69) is 12.1 Å². The van der Waals surface area contributed by atoms with Crippen LogP contribution in [0, 0.1) is 11.3 Å². The molecule has 0 amide bonds. The van der Waals surface area contributed by atoms with Crippen molar-refractivity contribution in [3.05, 3.63) is 127 Å². The first kappa shape index (κ1) is 21.2. The molecule has 0 saturated carbocycles. The Morgan fingerprint density at radius 1 is 0.571 bits per heavy atom. The van der Waals surface area contributed by atoms with E-state index >= 15 is 0 Å². The molecule has 0 N–H and O–H groups in total. The molecule has 0 aliphatic heterocycles. The Kier molecular flexibility index (Phi) is 5.10. The molecule has 0 unspecified atom stereocenters. The van der Waals surface area contributed by atoms with E-state index in [-0.39, 0.29) is 0 Å². The fraction of sp³-hybridized carbons (Fsp3) is 0. The number of hydrogen-bond acceptors (Lipinski definition) is 3. The van der Waals surface area contributed by atoms with Crippen molar-refractivity contribution in [1.82, 2.24) is 0 Å². The molecule has 0 spiro atoms. The zero-order chi connectivity index (χ0) is 23.8. The second-order valence-corrected chi connectivity index (χ2v) is 11.2. The molecule has 3 nitrogen and oxygen atoms in total. The maximum Gasteiger partial charge on any atom is 0.171 e. The van der Waals surface area contributed by atoms with Gasteiger partial charge in [-0.15, -0.1) is 0 Å². The fourth-order valence-corrected chi connectivity index (χ4v) is 7.33. The van der Waals surface area contributed by atoms with E-state index < -0.39 is 7.14 Å². The first-order chi connectivity index (χ1) is 17.2. The zero-order valence-corrected chi connectivity index (χ0v) is 19.7. The van der Waals surface area contributed by atoms with Gasteiger partial charge in [0.2, 0.25) is 0 Å². The van der Waals surface area contributed by atoms with Crippen LogP contribution in [0.2, 0.25) is 0 Å². The van der Waals surface area contributed by atoms with Gasteiger partial charge in [0.1, 0.15) is 11.2 Å². The average Bonchev–Trinajstić information content (AvgIpc) is 3.30. The Morgan fingerprint density at radius 3 is 1.80 bits per heavy atom. The van der Waals surface area contributed by atoms with Gasteiger partial charge in [-0.2, -0.15) is 5.26 Å². The van der Waals surface area contributed by atoms with Crippen molar-refractivity contribution in [3.8, 4) is 17.2 Å². The van der Waals surface area contributed by atoms with Gasteiger partial charge in [0.15, 0.2) is 7.14 Å². The second kappa shape index (κ2) is 8.44. The molecule has 6 aromatic rings. The van der Waals surface area contributed by atoms with Crippen LogP contribution in [-0.4, -0.2) is 0 Å². The van der Waals surface area contributed by atoms with Crippen molar-refractivity contribution in [3.63, 3.8) is 0 Å². The van der Waals surface area contributed by atoms with Crippen molar-refractivity contribution < 1.29 is 8.98 Å². The van der Waals surface area contributed by atoms with E-state index in [1.54, 1.807) is 6.07 Å². The molecule has 0 aliphatic carbocycles. The standard InChI is InChI=1S/C31H20NO2P/c32-21-22-14-16-30-28(18-22)29-20-24(15-17-31(29)34-30)23-8-7-13-27(19-23)35(33,25-9-3-1-4-10-25)26-11-5-2-6-12-26/h1-20H. The summed E-state index contributed by atoms with van der Waals surface area (Å²) in [6, 6.07) is 41.1. The van der Waals surface area contributed by atoms with Crippen LogP contribution in [0.3, 0.4) is 0 Å². The lowest BCUT2D eigenvalue weighted by Crippen LogP contribution is -2.25. The number of benzene rings is 5. The molecular formula is C31H20NO2P. The molecule has 5 aromatic carbocycles. The summed E-state index contributed by atoms with van der Waals surface area (Å²) >= 11 is 0. The SMILES string of the molecule is N#Cc1ccc2oc3ccc(-c4cccc(P(=O)(c5ccccc5)c5ccccc5)c4)cc3c2c1. The Balaban J connectivity index is 1.53. The predicted molar refractivity (Wildman–Crippen MR) is 143 cm³/mol. The molecule has 4 heteroatoms. The van der Waals surface area contributed by atoms with Gasteiger partial charge < -0.3 is 8.98 Å². The highest BCUT2D eigenvalue weighted by Gasteiger charge is 2.29. The lowest BCUT2D eigenvalue weighted by molar-refractivity contribution is 0.592. The molecule has 0 saturated heterocycles. The molecule has 1 heterocycles. The topological polar surface area (TPSA) is 54.0 Å². The molecule has 0 radical (unpaired) electrons. The van der Waals surface area contributed by atoms with Crippen LogP contribution in [0.1, 0.15) is 5.56 Å². The van der Waals surface area contributed by atoms with Crippen molar-refractivity contribution in [2.45, 2.75) is 0 Å². The minimum Gasteiger partial charge on any atom is -0.456 e. The highest BCUT2D eigenvalue weighted by molar-refractivity contribution is 7.85. The number of furan rings is 1. The number of nitrogens with zero attached hydrogens (tertiary/aromatic N) is 1. The molecular weight excluding hydrogens is 449 g/mol. The van der Waals surface area contributed by atoms with Crippen LogP contribution in [0.25, 0.3) is 33.1 Å². The lowest BCUT2D eigenvalue weighted by Gasteiger charge is -2.20. The van der Waals surface area contributed by atoms with Gasteiger partial charge in [-0.05, 0) is 47.5 Å². The average molecular weight is 469 g/mol. The van der Waals surface area contributed by atoms with E-state index in [0.717, 1.165) is 49.0 Å². The van der Waals surface area contributed by atoms with E-state index in [1.165, 1.54) is 0 Å². The summed E-state index contributed by atoms with van der Waals surface area (Å²) in [5.74, 6) is 0. The maximum absolute atomic E-state index is 14.8. The number of fused-ring (bicyclic) bond motifs is 3. The van der Waals surface area contributed by atoms with Crippen LogP contribution in [-0.2, 0) is 4.57 Å². The predicted octanol–water partition coefficient (Wildman–Crippen LogP) is 6.76. The van der Waals surface area contributed by atoms with Crippen molar-refractivity contribution in [2.75, 3.05) is 0 Å². The quantitative estimate of drug-likeness (QED) is 0.268. The lowest BCUT2D eigenvalue weighted by atomic mass is 10.0. The molecule has 166 valence electrons. The Labute approximate surface area is 203 Å². The van der Waals surface area contributed by atoms with Gasteiger partial charge in [-0.3, -0.25) is 0 Å². The third kappa shape index (κ3) is 3.56. The largest absolute Gasteiger partial charge is 0.456 e. The van der Waals surface area contributed by atoms with Gasteiger partial charge >= 0.3 is 0 Å². The third-order valence-electron chi connectivity index (χ3n) is 6.38. The summed E-state index contributed by atoms with van der Waals surface area (Å²) in [5.41, 5.74) is 4.09. The molecule has 0 aliphatic rings. The van der Waals surface area contributed by atoms with Gasteiger partial charge in [-0.25, -0.2) is 0 Å². The van der Waals surface area contributed by atoms with E-state index in [0.29, 0.717) is 5.56 Å². The fourth-order valence-electron chi connectivity index (χ4n) is 4.63. The minimum absolute atomic E-state index is 0.597. The van der Waals surface area contributed by atoms with Crippen LogP contribution in [0.4, 0.5) is 0 Å². The molecule has 1 aromatic heterocycles. The van der Waals surface area contributed by atoms with Gasteiger partial charge in [-0.1, -0.05) is 84.9 Å². The van der Waals surface area contributed by atoms with E-state index in [4.69, 9.17) is 4.42 Å². The molecule has 0 fully saturated rings. The summed E-state index contributed by atoms with van der Waals surface area (Å²) < 4.78 is 20.8. The summed E-state index contributed by atoms with van der Waals surface area (Å²) in [7, 11) is -3.06. The number of rotatable bonds is 4. The van der Waals surface area contributed by atoms with Crippen LogP contribution in [0.5, 0.6) is 0 Å². The van der Waals surface area contributed by atoms with Crippen molar-refractivity contribution >= 4 is 45.0 Å². The molecule has 35 heavy (non-hydrogen) atoms. The zero-order valence-electron chi connectivity index (χ0n) is 18.8. The normalized spacial score (nSPS) is 11.5. The third-order valence-corrected chi connectivity index (χ3v) is 9.44. The van der Waals surface area contributed by atoms with Crippen LogP contribution in [0.15, 0.2) is 126 Å². The van der Waals surface area contributed by atoms with Gasteiger partial charge in [0, 0.05) is 26.7 Å². The van der Waals surface area contributed by atoms with Gasteiger partial charge in [0.25, 0.3) is 0 Å². The maximum atomic E-state index is 14.8.